The van der Waals surface area contributed by atoms with E-state index in [1.165, 1.54) is 11.1 Å². The Hall–Kier alpha value is -2.10. The minimum Gasteiger partial charge on any atom is -0.477 e. The van der Waals surface area contributed by atoms with E-state index in [0.717, 1.165) is 6.42 Å². The first kappa shape index (κ1) is 12.4. The van der Waals surface area contributed by atoms with Gasteiger partial charge in [-0.25, -0.2) is 9.78 Å². The van der Waals surface area contributed by atoms with Crippen molar-refractivity contribution in [1.29, 1.82) is 0 Å². The lowest BCUT2D eigenvalue weighted by Crippen LogP contribution is -2.08. The Morgan fingerprint density at radius 3 is 2.56 bits per heavy atom. The second-order valence-corrected chi connectivity index (χ2v) is 4.44. The molecule has 1 heterocycles. The molecule has 18 heavy (non-hydrogen) atoms. The highest BCUT2D eigenvalue weighted by molar-refractivity contribution is 5.87. The van der Waals surface area contributed by atoms with Crippen LogP contribution in [0.15, 0.2) is 30.6 Å². The molecule has 0 aliphatic heterocycles. The Labute approximate surface area is 106 Å². The van der Waals surface area contributed by atoms with Gasteiger partial charge in [0.2, 0.25) is 0 Å². The van der Waals surface area contributed by atoms with Gasteiger partial charge in [-0.15, -0.1) is 0 Å². The topological polar surface area (TPSA) is 55.1 Å². The summed E-state index contributed by atoms with van der Waals surface area (Å²) in [6.07, 6.45) is 3.00. The molecule has 1 aromatic carbocycles. The Morgan fingerprint density at radius 1 is 1.28 bits per heavy atom. The monoisotopic (exact) mass is 244 g/mol. The number of rotatable bonds is 4. The molecule has 0 bridgehead atoms. The van der Waals surface area contributed by atoms with Crippen LogP contribution in [-0.4, -0.2) is 20.6 Å². The predicted molar refractivity (Wildman–Crippen MR) is 68.8 cm³/mol. The van der Waals surface area contributed by atoms with Crippen molar-refractivity contribution >= 4 is 5.97 Å². The zero-order chi connectivity index (χ0) is 13.1. The third-order valence-electron chi connectivity index (χ3n) is 2.99. The van der Waals surface area contributed by atoms with E-state index in [9.17, 15) is 4.79 Å². The van der Waals surface area contributed by atoms with E-state index in [2.05, 4.69) is 29.2 Å². The second kappa shape index (κ2) is 5.04. The van der Waals surface area contributed by atoms with Gasteiger partial charge in [0.1, 0.15) is 5.69 Å². The molecule has 4 nitrogen and oxygen atoms in total. The van der Waals surface area contributed by atoms with Gasteiger partial charge >= 0.3 is 5.97 Å². The highest BCUT2D eigenvalue weighted by Gasteiger charge is 2.15. The average Bonchev–Trinajstić information content (AvgIpc) is 2.70. The number of nitrogens with zero attached hydrogens (tertiary/aromatic N) is 2. The maximum absolute atomic E-state index is 11.1. The lowest BCUT2D eigenvalue weighted by Gasteiger charge is -2.02. The SMILES string of the molecule is Cc1ccc(CCc2ncn(C)c2C(=O)O)cc1. The summed E-state index contributed by atoms with van der Waals surface area (Å²) in [4.78, 5) is 15.3. The third kappa shape index (κ3) is 2.59. The van der Waals surface area contributed by atoms with Gasteiger partial charge in [0, 0.05) is 7.05 Å². The summed E-state index contributed by atoms with van der Waals surface area (Å²) in [6, 6.07) is 8.26. The minimum atomic E-state index is -0.922. The normalized spacial score (nSPS) is 10.6. The number of aromatic nitrogens is 2. The summed E-state index contributed by atoms with van der Waals surface area (Å²) in [7, 11) is 1.70. The fourth-order valence-electron chi connectivity index (χ4n) is 1.95. The number of hydrogen-bond acceptors (Lipinski definition) is 2. The van der Waals surface area contributed by atoms with Crippen molar-refractivity contribution in [3.8, 4) is 0 Å². The van der Waals surface area contributed by atoms with Crippen molar-refractivity contribution in [2.45, 2.75) is 19.8 Å². The molecule has 1 N–H and O–H groups in total. The molecule has 0 aliphatic carbocycles. The van der Waals surface area contributed by atoms with Gasteiger partial charge in [-0.1, -0.05) is 29.8 Å². The number of hydrogen-bond donors (Lipinski definition) is 1. The molecule has 0 radical (unpaired) electrons. The number of aryl methyl sites for hydroxylation is 4. The van der Waals surface area contributed by atoms with Crippen molar-refractivity contribution in [3.63, 3.8) is 0 Å². The standard InChI is InChI=1S/C14H16N2O2/c1-10-3-5-11(6-4-10)7-8-12-13(14(17)18)16(2)9-15-12/h3-6,9H,7-8H2,1-2H3,(H,17,18). The molecule has 1 aromatic heterocycles. The van der Waals surface area contributed by atoms with E-state index < -0.39 is 5.97 Å². The van der Waals surface area contributed by atoms with Crippen LogP contribution >= 0.6 is 0 Å². The molecule has 0 saturated carbocycles. The van der Waals surface area contributed by atoms with E-state index in [4.69, 9.17) is 5.11 Å². The number of carboxylic acid groups (broad SMARTS) is 1. The molecule has 94 valence electrons. The van der Waals surface area contributed by atoms with Gasteiger partial charge in [-0.2, -0.15) is 0 Å². The van der Waals surface area contributed by atoms with E-state index in [-0.39, 0.29) is 5.69 Å². The Kier molecular flexibility index (Phi) is 3.46. The van der Waals surface area contributed by atoms with Crippen molar-refractivity contribution in [2.75, 3.05) is 0 Å². The van der Waals surface area contributed by atoms with Gasteiger partial charge in [-0.3, -0.25) is 0 Å². The van der Waals surface area contributed by atoms with E-state index in [1.54, 1.807) is 17.9 Å². The smallest absolute Gasteiger partial charge is 0.354 e. The van der Waals surface area contributed by atoms with Crippen LogP contribution in [0.5, 0.6) is 0 Å². The van der Waals surface area contributed by atoms with Gasteiger partial charge in [0.05, 0.1) is 12.0 Å². The van der Waals surface area contributed by atoms with Crippen molar-refractivity contribution in [2.24, 2.45) is 7.05 Å². The maximum Gasteiger partial charge on any atom is 0.354 e. The highest BCUT2D eigenvalue weighted by atomic mass is 16.4. The molecule has 0 saturated heterocycles. The Bertz CT molecular complexity index is 556. The van der Waals surface area contributed by atoms with Crippen LogP contribution in [0.25, 0.3) is 0 Å². The molecule has 2 aromatic rings. The van der Waals surface area contributed by atoms with Crippen LogP contribution in [0.3, 0.4) is 0 Å². The highest BCUT2D eigenvalue weighted by Crippen LogP contribution is 2.11. The Balaban J connectivity index is 2.11. The molecule has 0 fully saturated rings. The molecule has 0 aliphatic rings. The number of benzene rings is 1. The van der Waals surface area contributed by atoms with Crippen molar-refractivity contribution < 1.29 is 9.90 Å². The minimum absolute atomic E-state index is 0.280. The number of carbonyl (C=O) groups is 1. The largest absolute Gasteiger partial charge is 0.477 e. The zero-order valence-electron chi connectivity index (χ0n) is 10.6. The van der Waals surface area contributed by atoms with Crippen LogP contribution in [-0.2, 0) is 19.9 Å². The van der Waals surface area contributed by atoms with Crippen LogP contribution in [0.2, 0.25) is 0 Å². The van der Waals surface area contributed by atoms with E-state index >= 15 is 0 Å². The zero-order valence-corrected chi connectivity index (χ0v) is 10.6. The molecule has 0 spiro atoms. The lowest BCUT2D eigenvalue weighted by molar-refractivity contribution is 0.0685. The summed E-state index contributed by atoms with van der Waals surface area (Å²) in [5.74, 6) is -0.922. The third-order valence-corrected chi connectivity index (χ3v) is 2.99. The first-order valence-electron chi connectivity index (χ1n) is 5.87. The fraction of sp³-hybridized carbons (Fsp3) is 0.286. The summed E-state index contributed by atoms with van der Waals surface area (Å²) < 4.78 is 1.55. The maximum atomic E-state index is 11.1. The fourth-order valence-corrected chi connectivity index (χ4v) is 1.95. The van der Waals surface area contributed by atoms with E-state index in [1.807, 2.05) is 6.92 Å². The Morgan fingerprint density at radius 2 is 1.94 bits per heavy atom. The van der Waals surface area contributed by atoms with Crippen LogP contribution in [0.1, 0.15) is 27.3 Å². The lowest BCUT2D eigenvalue weighted by atomic mass is 10.1. The summed E-state index contributed by atoms with van der Waals surface area (Å²) in [5.41, 5.74) is 3.35. The van der Waals surface area contributed by atoms with Gasteiger partial charge in [0.25, 0.3) is 0 Å². The molecule has 2 rings (SSSR count). The molecule has 0 atom stereocenters. The van der Waals surface area contributed by atoms with E-state index in [0.29, 0.717) is 12.1 Å². The van der Waals surface area contributed by atoms with Gasteiger partial charge in [-0.05, 0) is 25.3 Å². The molecule has 0 unspecified atom stereocenters. The summed E-state index contributed by atoms with van der Waals surface area (Å²) in [6.45, 7) is 2.05. The van der Waals surface area contributed by atoms with Gasteiger partial charge in [0.15, 0.2) is 0 Å². The van der Waals surface area contributed by atoms with Gasteiger partial charge < -0.3 is 9.67 Å². The number of carboxylic acids is 1. The molecule has 4 heteroatoms. The van der Waals surface area contributed by atoms with Crippen LogP contribution < -0.4 is 0 Å². The molecular weight excluding hydrogens is 228 g/mol. The average molecular weight is 244 g/mol. The summed E-state index contributed by atoms with van der Waals surface area (Å²) in [5, 5.41) is 9.11. The van der Waals surface area contributed by atoms with Crippen molar-refractivity contribution in [3.05, 3.63) is 53.1 Å². The molecule has 0 amide bonds. The van der Waals surface area contributed by atoms with Crippen LogP contribution in [0, 0.1) is 6.92 Å². The number of imidazole rings is 1. The summed E-state index contributed by atoms with van der Waals surface area (Å²) >= 11 is 0. The first-order chi connectivity index (χ1) is 8.58. The number of aromatic carboxylic acids is 1. The van der Waals surface area contributed by atoms with Crippen molar-refractivity contribution in [1.82, 2.24) is 9.55 Å². The first-order valence-corrected chi connectivity index (χ1v) is 5.87. The molecular formula is C14H16N2O2. The van der Waals surface area contributed by atoms with Crippen LogP contribution in [0.4, 0.5) is 0 Å². The second-order valence-electron chi connectivity index (χ2n) is 4.44. The predicted octanol–water partition coefficient (Wildman–Crippen LogP) is 2.21. The quantitative estimate of drug-likeness (QED) is 0.897.